The summed E-state index contributed by atoms with van der Waals surface area (Å²) in [5.74, 6) is -1.42. The van der Waals surface area contributed by atoms with Crippen LogP contribution in [0.15, 0.2) is 42.5 Å². The lowest BCUT2D eigenvalue weighted by atomic mass is 10.0. The highest BCUT2D eigenvalue weighted by Crippen LogP contribution is 2.32. The van der Waals surface area contributed by atoms with Crippen molar-refractivity contribution in [1.29, 1.82) is 0 Å². The molecule has 0 saturated heterocycles. The van der Waals surface area contributed by atoms with Gasteiger partial charge in [-0.2, -0.15) is 0 Å². The molecule has 0 unspecified atom stereocenters. The average Bonchev–Trinajstić information content (AvgIpc) is 2.56. The number of carbonyl (C=O) groups is 2. The highest BCUT2D eigenvalue weighted by molar-refractivity contribution is 6.38. The predicted octanol–water partition coefficient (Wildman–Crippen LogP) is 3.66. The number of nitro groups is 1. The number of hydrogen-bond acceptors (Lipinski definition) is 4. The minimum Gasteiger partial charge on any atom is -0.323 e. The first kappa shape index (κ1) is 16.9. The Bertz CT molecular complexity index is 779. The predicted molar refractivity (Wildman–Crippen MR) is 87.3 cm³/mol. The average molecular weight is 353 g/mol. The van der Waals surface area contributed by atoms with Gasteiger partial charge in [0.05, 0.1) is 21.2 Å². The van der Waals surface area contributed by atoms with E-state index in [1.165, 1.54) is 0 Å². The summed E-state index contributed by atoms with van der Waals surface area (Å²) in [6.45, 7) is 0. The second kappa shape index (κ2) is 7.21. The zero-order valence-electron chi connectivity index (χ0n) is 11.6. The van der Waals surface area contributed by atoms with Crippen LogP contribution in [0.1, 0.15) is 15.9 Å². The van der Waals surface area contributed by atoms with E-state index >= 15 is 0 Å². The van der Waals surface area contributed by atoms with Crippen molar-refractivity contribution in [2.75, 3.05) is 11.2 Å². The standard InChI is InChI=1S/C15H10Cl2N2O4/c16-8-13(20)18-12-7-10(19(22)23)6-11(14(12)17)15(21)9-4-2-1-3-5-9/h1-7H,8H2,(H,18,20). The van der Waals surface area contributed by atoms with Crippen LogP contribution in [0.4, 0.5) is 11.4 Å². The topological polar surface area (TPSA) is 89.3 Å². The van der Waals surface area contributed by atoms with Gasteiger partial charge in [0.15, 0.2) is 5.78 Å². The van der Waals surface area contributed by atoms with E-state index in [1.54, 1.807) is 30.3 Å². The second-order valence-electron chi connectivity index (χ2n) is 4.49. The molecule has 0 aliphatic heterocycles. The Balaban J connectivity index is 2.56. The highest BCUT2D eigenvalue weighted by Gasteiger charge is 2.22. The third-order valence-corrected chi connectivity index (χ3v) is 3.59. The molecule has 0 radical (unpaired) electrons. The Kier molecular flexibility index (Phi) is 5.31. The van der Waals surface area contributed by atoms with Gasteiger partial charge in [-0.3, -0.25) is 19.7 Å². The second-order valence-corrected chi connectivity index (χ2v) is 5.13. The van der Waals surface area contributed by atoms with E-state index in [1.807, 2.05) is 0 Å². The first-order chi connectivity index (χ1) is 10.9. The molecule has 2 aromatic rings. The minimum absolute atomic E-state index is 0.0363. The zero-order chi connectivity index (χ0) is 17.0. The van der Waals surface area contributed by atoms with Crippen LogP contribution in [0.5, 0.6) is 0 Å². The first-order valence-electron chi connectivity index (χ1n) is 6.37. The van der Waals surface area contributed by atoms with Crippen molar-refractivity contribution in [3.63, 3.8) is 0 Å². The van der Waals surface area contributed by atoms with Crippen molar-refractivity contribution in [3.05, 3.63) is 68.7 Å². The molecule has 118 valence electrons. The summed E-state index contributed by atoms with van der Waals surface area (Å²) in [7, 11) is 0. The van der Waals surface area contributed by atoms with Crippen molar-refractivity contribution in [2.45, 2.75) is 0 Å². The number of halogens is 2. The fourth-order valence-electron chi connectivity index (χ4n) is 1.90. The number of nitrogens with zero attached hydrogens (tertiary/aromatic N) is 1. The van der Waals surface area contributed by atoms with Crippen LogP contribution in [0.3, 0.4) is 0 Å². The van der Waals surface area contributed by atoms with Crippen LogP contribution >= 0.6 is 23.2 Å². The molecule has 0 aliphatic rings. The van der Waals surface area contributed by atoms with Crippen LogP contribution in [-0.2, 0) is 4.79 Å². The molecule has 6 nitrogen and oxygen atoms in total. The summed E-state index contributed by atoms with van der Waals surface area (Å²) in [6.07, 6.45) is 0. The molecular weight excluding hydrogens is 343 g/mol. The Morgan fingerprint density at radius 1 is 1.17 bits per heavy atom. The van der Waals surface area contributed by atoms with E-state index in [-0.39, 0.29) is 27.8 Å². The Labute approximate surface area is 141 Å². The summed E-state index contributed by atoms with van der Waals surface area (Å²) in [5, 5.41) is 13.3. The molecule has 0 atom stereocenters. The molecule has 0 bridgehead atoms. The fraction of sp³-hybridized carbons (Fsp3) is 0.0667. The van der Waals surface area contributed by atoms with Crippen molar-refractivity contribution < 1.29 is 14.5 Å². The smallest absolute Gasteiger partial charge is 0.272 e. The lowest BCUT2D eigenvalue weighted by Crippen LogP contribution is -2.14. The van der Waals surface area contributed by atoms with Crippen molar-refractivity contribution in [1.82, 2.24) is 0 Å². The van der Waals surface area contributed by atoms with E-state index in [4.69, 9.17) is 23.2 Å². The van der Waals surface area contributed by atoms with Crippen LogP contribution in [0, 0.1) is 10.1 Å². The molecule has 0 heterocycles. The maximum Gasteiger partial charge on any atom is 0.272 e. The number of hydrogen-bond donors (Lipinski definition) is 1. The normalized spacial score (nSPS) is 10.2. The number of carbonyl (C=O) groups excluding carboxylic acids is 2. The van der Waals surface area contributed by atoms with Crippen LogP contribution in [0.25, 0.3) is 0 Å². The van der Waals surface area contributed by atoms with Crippen molar-refractivity contribution in [2.24, 2.45) is 0 Å². The summed E-state index contributed by atoms with van der Waals surface area (Å²) in [6, 6.07) is 10.3. The van der Waals surface area contributed by atoms with Crippen LogP contribution in [-0.4, -0.2) is 22.5 Å². The number of anilines is 1. The van der Waals surface area contributed by atoms with E-state index in [0.717, 1.165) is 12.1 Å². The van der Waals surface area contributed by atoms with Crippen molar-refractivity contribution >= 4 is 46.3 Å². The van der Waals surface area contributed by atoms with Gasteiger partial charge in [-0.15, -0.1) is 11.6 Å². The molecule has 0 saturated carbocycles. The van der Waals surface area contributed by atoms with Gasteiger partial charge in [0.25, 0.3) is 5.69 Å². The lowest BCUT2D eigenvalue weighted by Gasteiger charge is -2.10. The largest absolute Gasteiger partial charge is 0.323 e. The third kappa shape index (κ3) is 3.85. The fourth-order valence-corrected chi connectivity index (χ4v) is 2.21. The molecule has 0 fully saturated rings. The number of non-ortho nitro benzene ring substituents is 1. The van der Waals surface area contributed by atoms with Gasteiger partial charge in [-0.05, 0) is 0 Å². The molecule has 1 N–H and O–H groups in total. The van der Waals surface area contributed by atoms with Gasteiger partial charge in [-0.25, -0.2) is 0 Å². The number of nitrogens with one attached hydrogen (secondary N) is 1. The Morgan fingerprint density at radius 2 is 1.83 bits per heavy atom. The van der Waals surface area contributed by atoms with Gasteiger partial charge < -0.3 is 5.32 Å². The Morgan fingerprint density at radius 3 is 2.39 bits per heavy atom. The molecule has 2 rings (SSSR count). The maximum absolute atomic E-state index is 12.5. The summed E-state index contributed by atoms with van der Waals surface area (Å²) in [4.78, 5) is 34.3. The maximum atomic E-state index is 12.5. The number of alkyl halides is 1. The molecule has 0 aromatic heterocycles. The third-order valence-electron chi connectivity index (χ3n) is 2.94. The summed E-state index contributed by atoms with van der Waals surface area (Å²) < 4.78 is 0. The van der Waals surface area contributed by atoms with E-state index in [0.29, 0.717) is 5.56 Å². The van der Waals surface area contributed by atoms with Gasteiger partial charge in [0.2, 0.25) is 5.91 Å². The van der Waals surface area contributed by atoms with Gasteiger partial charge in [0.1, 0.15) is 5.88 Å². The first-order valence-corrected chi connectivity index (χ1v) is 7.28. The van der Waals surface area contributed by atoms with Gasteiger partial charge in [0, 0.05) is 17.7 Å². The molecule has 0 aliphatic carbocycles. The lowest BCUT2D eigenvalue weighted by molar-refractivity contribution is -0.384. The SMILES string of the molecule is O=C(CCl)Nc1cc([N+](=O)[O-])cc(C(=O)c2ccccc2)c1Cl. The minimum atomic E-state index is -0.672. The van der Waals surface area contributed by atoms with E-state index < -0.39 is 16.6 Å². The molecule has 0 spiro atoms. The molecule has 2 aromatic carbocycles. The van der Waals surface area contributed by atoms with Crippen LogP contribution < -0.4 is 5.32 Å². The van der Waals surface area contributed by atoms with Crippen molar-refractivity contribution in [3.8, 4) is 0 Å². The quantitative estimate of drug-likeness (QED) is 0.384. The van der Waals surface area contributed by atoms with Crippen LogP contribution in [0.2, 0.25) is 5.02 Å². The summed E-state index contributed by atoms with van der Waals surface area (Å²) in [5.41, 5.74) is -0.147. The summed E-state index contributed by atoms with van der Waals surface area (Å²) >= 11 is 11.5. The highest BCUT2D eigenvalue weighted by atomic mass is 35.5. The molecule has 1 amide bonds. The molecule has 23 heavy (non-hydrogen) atoms. The monoisotopic (exact) mass is 352 g/mol. The molecule has 8 heteroatoms. The number of nitro benzene ring substituents is 1. The number of amides is 1. The van der Waals surface area contributed by atoms with E-state index in [9.17, 15) is 19.7 Å². The number of ketones is 1. The van der Waals surface area contributed by atoms with Gasteiger partial charge in [-0.1, -0.05) is 41.9 Å². The van der Waals surface area contributed by atoms with Gasteiger partial charge >= 0.3 is 0 Å². The Hall–Kier alpha value is -2.44. The zero-order valence-corrected chi connectivity index (χ0v) is 13.1. The number of benzene rings is 2. The van der Waals surface area contributed by atoms with E-state index in [2.05, 4.69) is 5.32 Å². The molecular formula is C15H10Cl2N2O4. The number of rotatable bonds is 5.